The molecular weight excluding hydrogens is 319 g/mol. The van der Waals surface area contributed by atoms with Crippen molar-refractivity contribution in [2.75, 3.05) is 63.8 Å². The van der Waals surface area contributed by atoms with Crippen LogP contribution in [0.25, 0.3) is 0 Å². The van der Waals surface area contributed by atoms with Gasteiger partial charge in [0.2, 0.25) is 5.91 Å². The zero-order chi connectivity index (χ0) is 17.8. The Kier molecular flexibility index (Phi) is 5.91. The molecule has 1 amide bonds. The largest absolute Gasteiger partial charge is 0.367 e. The fraction of sp³-hybridized carbons (Fsp3) is 0.632. The van der Waals surface area contributed by atoms with E-state index in [0.29, 0.717) is 5.69 Å². The summed E-state index contributed by atoms with van der Waals surface area (Å²) >= 11 is 0. The third kappa shape index (κ3) is 4.12. The number of amides is 1. The number of carbonyl (C=O) groups excluding carboxylic acids is 1. The van der Waals surface area contributed by atoms with E-state index in [1.54, 1.807) is 6.07 Å². The number of anilines is 1. The summed E-state index contributed by atoms with van der Waals surface area (Å²) in [6.45, 7) is 11.9. The van der Waals surface area contributed by atoms with E-state index in [9.17, 15) is 9.18 Å². The Labute approximate surface area is 150 Å². The first-order chi connectivity index (χ1) is 12.1. The molecule has 2 aliphatic rings. The quantitative estimate of drug-likeness (QED) is 0.825. The van der Waals surface area contributed by atoms with Crippen molar-refractivity contribution in [1.29, 1.82) is 0 Å². The number of hydrogen-bond acceptors (Lipinski definition) is 4. The number of hydrogen-bond donors (Lipinski definition) is 0. The molecule has 0 unspecified atom stereocenters. The first-order valence-corrected chi connectivity index (χ1v) is 9.35. The summed E-state index contributed by atoms with van der Waals surface area (Å²) in [6.07, 6.45) is 0. The van der Waals surface area contributed by atoms with Gasteiger partial charge in [0.1, 0.15) is 5.82 Å². The molecule has 2 aliphatic heterocycles. The molecule has 0 aliphatic carbocycles. The Balaban J connectivity index is 1.52. The van der Waals surface area contributed by atoms with E-state index < -0.39 is 0 Å². The maximum absolute atomic E-state index is 13.9. The summed E-state index contributed by atoms with van der Waals surface area (Å²) in [5, 5.41) is 0. The molecule has 25 heavy (non-hydrogen) atoms. The Morgan fingerprint density at radius 2 is 1.68 bits per heavy atom. The molecule has 0 spiro atoms. The van der Waals surface area contributed by atoms with Crippen LogP contribution in [0.3, 0.4) is 0 Å². The summed E-state index contributed by atoms with van der Waals surface area (Å²) in [5.41, 5.74) is 0.664. The summed E-state index contributed by atoms with van der Waals surface area (Å²) in [4.78, 5) is 21.5. The van der Waals surface area contributed by atoms with Gasteiger partial charge in [0.25, 0.3) is 0 Å². The van der Waals surface area contributed by atoms with Gasteiger partial charge in [-0.05, 0) is 25.6 Å². The minimum absolute atomic E-state index is 0.101. The van der Waals surface area contributed by atoms with Crippen LogP contribution in [-0.4, -0.2) is 85.6 Å². The van der Waals surface area contributed by atoms with Crippen molar-refractivity contribution in [3.8, 4) is 0 Å². The van der Waals surface area contributed by atoms with E-state index in [2.05, 4.69) is 21.6 Å². The molecule has 0 aromatic heterocycles. The van der Waals surface area contributed by atoms with Crippen LogP contribution in [0, 0.1) is 5.82 Å². The molecule has 0 bridgehead atoms. The number of para-hydroxylation sites is 1. The van der Waals surface area contributed by atoms with Crippen molar-refractivity contribution in [2.45, 2.75) is 19.9 Å². The van der Waals surface area contributed by atoms with E-state index in [1.165, 1.54) is 6.07 Å². The Hall–Kier alpha value is -1.66. The number of carbonyl (C=O) groups is 1. The van der Waals surface area contributed by atoms with Crippen LogP contribution in [0.1, 0.15) is 13.8 Å². The SMILES string of the molecule is CCN1CCN(C(=O)[C@H](C)N2CCN(c3ccccc3F)CC2)CC1. The molecule has 3 rings (SSSR count). The molecule has 0 saturated carbocycles. The summed E-state index contributed by atoms with van der Waals surface area (Å²) < 4.78 is 13.9. The zero-order valence-corrected chi connectivity index (χ0v) is 15.3. The molecule has 1 atom stereocenters. The van der Waals surface area contributed by atoms with Gasteiger partial charge < -0.3 is 14.7 Å². The molecule has 2 heterocycles. The molecule has 2 fully saturated rings. The number of likely N-dealkylation sites (N-methyl/N-ethyl adjacent to an activating group) is 1. The number of halogens is 1. The van der Waals surface area contributed by atoms with Gasteiger partial charge >= 0.3 is 0 Å². The smallest absolute Gasteiger partial charge is 0.239 e. The number of piperazine rings is 2. The highest BCUT2D eigenvalue weighted by Crippen LogP contribution is 2.21. The van der Waals surface area contributed by atoms with E-state index in [1.807, 2.05) is 24.0 Å². The minimum Gasteiger partial charge on any atom is -0.367 e. The Bertz CT molecular complexity index is 581. The predicted octanol–water partition coefficient (Wildman–Crippen LogP) is 1.50. The van der Waals surface area contributed by atoms with Crippen molar-refractivity contribution >= 4 is 11.6 Å². The average Bonchev–Trinajstić information content (AvgIpc) is 2.67. The molecule has 1 aromatic rings. The molecule has 138 valence electrons. The highest BCUT2D eigenvalue weighted by atomic mass is 19.1. The number of benzene rings is 1. The van der Waals surface area contributed by atoms with Gasteiger partial charge in [0, 0.05) is 52.4 Å². The highest BCUT2D eigenvalue weighted by Gasteiger charge is 2.30. The summed E-state index contributed by atoms with van der Waals surface area (Å²) in [7, 11) is 0. The van der Waals surface area contributed by atoms with Crippen LogP contribution >= 0.6 is 0 Å². The van der Waals surface area contributed by atoms with Gasteiger partial charge in [0.05, 0.1) is 11.7 Å². The van der Waals surface area contributed by atoms with Crippen LogP contribution in [0.5, 0.6) is 0 Å². The lowest BCUT2D eigenvalue weighted by Gasteiger charge is -2.41. The third-order valence-electron chi connectivity index (χ3n) is 5.54. The van der Waals surface area contributed by atoms with Crippen LogP contribution in [0.15, 0.2) is 24.3 Å². The first-order valence-electron chi connectivity index (χ1n) is 9.35. The Morgan fingerprint density at radius 1 is 1.04 bits per heavy atom. The molecular formula is C19H29FN4O. The molecule has 0 radical (unpaired) electrons. The van der Waals surface area contributed by atoms with E-state index >= 15 is 0 Å². The van der Waals surface area contributed by atoms with Gasteiger partial charge in [-0.15, -0.1) is 0 Å². The van der Waals surface area contributed by atoms with Crippen molar-refractivity contribution < 1.29 is 9.18 Å². The van der Waals surface area contributed by atoms with Gasteiger partial charge in [0.15, 0.2) is 0 Å². The normalized spacial score (nSPS) is 21.4. The molecule has 1 aromatic carbocycles. The maximum Gasteiger partial charge on any atom is 0.239 e. The van der Waals surface area contributed by atoms with Crippen molar-refractivity contribution in [3.63, 3.8) is 0 Å². The minimum atomic E-state index is -0.172. The second kappa shape index (κ2) is 8.15. The van der Waals surface area contributed by atoms with Crippen molar-refractivity contribution in [1.82, 2.24) is 14.7 Å². The summed E-state index contributed by atoms with van der Waals surface area (Å²) in [6, 6.07) is 6.81. The third-order valence-corrected chi connectivity index (χ3v) is 5.54. The molecule has 0 N–H and O–H groups in total. The highest BCUT2D eigenvalue weighted by molar-refractivity contribution is 5.81. The fourth-order valence-corrected chi connectivity index (χ4v) is 3.76. The van der Waals surface area contributed by atoms with Crippen LogP contribution in [0.2, 0.25) is 0 Å². The second-order valence-corrected chi connectivity index (χ2v) is 6.91. The Morgan fingerprint density at radius 3 is 2.28 bits per heavy atom. The van der Waals surface area contributed by atoms with E-state index in [0.717, 1.165) is 58.9 Å². The average molecular weight is 348 g/mol. The molecule has 6 heteroatoms. The fourth-order valence-electron chi connectivity index (χ4n) is 3.76. The lowest BCUT2D eigenvalue weighted by Crippen LogP contribution is -2.57. The predicted molar refractivity (Wildman–Crippen MR) is 98.3 cm³/mol. The monoisotopic (exact) mass is 348 g/mol. The van der Waals surface area contributed by atoms with Crippen LogP contribution in [0.4, 0.5) is 10.1 Å². The van der Waals surface area contributed by atoms with E-state index in [-0.39, 0.29) is 17.8 Å². The first kappa shape index (κ1) is 18.1. The van der Waals surface area contributed by atoms with Crippen LogP contribution < -0.4 is 4.90 Å². The summed E-state index contributed by atoms with van der Waals surface area (Å²) in [5.74, 6) is 0.0592. The number of rotatable bonds is 4. The van der Waals surface area contributed by atoms with Crippen molar-refractivity contribution in [3.05, 3.63) is 30.1 Å². The number of nitrogens with zero attached hydrogens (tertiary/aromatic N) is 4. The maximum atomic E-state index is 13.9. The van der Waals surface area contributed by atoms with Crippen LogP contribution in [-0.2, 0) is 4.79 Å². The van der Waals surface area contributed by atoms with Gasteiger partial charge in [-0.3, -0.25) is 9.69 Å². The second-order valence-electron chi connectivity index (χ2n) is 6.91. The van der Waals surface area contributed by atoms with E-state index in [4.69, 9.17) is 0 Å². The topological polar surface area (TPSA) is 30.0 Å². The van der Waals surface area contributed by atoms with Gasteiger partial charge in [-0.1, -0.05) is 19.1 Å². The standard InChI is InChI=1S/C19H29FN4O/c1-3-21-8-10-24(11-9-21)19(25)16(2)22-12-14-23(15-13-22)18-7-5-4-6-17(18)20/h4-7,16H,3,8-15H2,1-2H3/t16-/m0/s1. The molecule has 5 nitrogen and oxygen atoms in total. The van der Waals surface area contributed by atoms with Gasteiger partial charge in [-0.2, -0.15) is 0 Å². The van der Waals surface area contributed by atoms with Crippen molar-refractivity contribution in [2.24, 2.45) is 0 Å². The lowest BCUT2D eigenvalue weighted by molar-refractivity contribution is -0.138. The zero-order valence-electron chi connectivity index (χ0n) is 15.3. The van der Waals surface area contributed by atoms with Gasteiger partial charge in [-0.25, -0.2) is 4.39 Å². The lowest BCUT2D eigenvalue weighted by atomic mass is 10.1. The molecule has 2 saturated heterocycles.